The van der Waals surface area contributed by atoms with Gasteiger partial charge in [-0.15, -0.1) is 11.3 Å². The number of amides is 1. The van der Waals surface area contributed by atoms with Crippen LogP contribution in [0.25, 0.3) is 21.0 Å². The highest BCUT2D eigenvalue weighted by Crippen LogP contribution is 2.43. The van der Waals surface area contributed by atoms with Crippen LogP contribution in [0.15, 0.2) is 54.6 Å². The zero-order chi connectivity index (χ0) is 29.4. The van der Waals surface area contributed by atoms with Crippen LogP contribution in [0.3, 0.4) is 0 Å². The average Bonchev–Trinajstić information content (AvgIpc) is 3.63. The lowest BCUT2D eigenvalue weighted by molar-refractivity contribution is -0.0598. The second kappa shape index (κ2) is 12.3. The van der Waals surface area contributed by atoms with E-state index < -0.39 is 0 Å². The summed E-state index contributed by atoms with van der Waals surface area (Å²) in [5.41, 5.74) is 4.19. The fourth-order valence-corrected chi connectivity index (χ4v) is 8.76. The van der Waals surface area contributed by atoms with E-state index in [9.17, 15) is 4.79 Å². The van der Waals surface area contributed by atoms with Gasteiger partial charge in [-0.1, -0.05) is 44.0 Å². The van der Waals surface area contributed by atoms with Gasteiger partial charge in [-0.25, -0.2) is 0 Å². The Balaban J connectivity index is 0.967. The molecule has 2 aromatic heterocycles. The average molecular weight is 598 g/mol. The summed E-state index contributed by atoms with van der Waals surface area (Å²) in [4.78, 5) is 25.7. The van der Waals surface area contributed by atoms with Crippen molar-refractivity contribution in [2.75, 3.05) is 51.2 Å². The summed E-state index contributed by atoms with van der Waals surface area (Å²) in [6.45, 7) is 9.60. The number of nitrogens with one attached hydrogen (secondary N) is 2. The summed E-state index contributed by atoms with van der Waals surface area (Å²) in [5.74, 6) is 0.0547. The first-order valence-corrected chi connectivity index (χ1v) is 17.4. The number of likely N-dealkylation sites (tertiary alicyclic amines) is 2. The van der Waals surface area contributed by atoms with Gasteiger partial charge in [0.05, 0.1) is 4.88 Å². The number of nitrogens with zero attached hydrogens (tertiary/aromatic N) is 3. The summed E-state index contributed by atoms with van der Waals surface area (Å²) in [6.07, 6.45) is 9.30. The number of H-pyrrole nitrogens is 1. The van der Waals surface area contributed by atoms with E-state index in [2.05, 4.69) is 93.6 Å². The Hall–Kier alpha value is -2.87. The second-order valence-electron chi connectivity index (χ2n) is 13.7. The van der Waals surface area contributed by atoms with Gasteiger partial charge in [0.25, 0.3) is 5.91 Å². The van der Waals surface area contributed by atoms with Crippen molar-refractivity contribution in [1.82, 2.24) is 20.1 Å². The van der Waals surface area contributed by atoms with Crippen molar-refractivity contribution in [3.63, 3.8) is 0 Å². The molecule has 228 valence electrons. The van der Waals surface area contributed by atoms with E-state index >= 15 is 0 Å². The summed E-state index contributed by atoms with van der Waals surface area (Å²) >= 11 is 1.63. The van der Waals surface area contributed by atoms with Crippen molar-refractivity contribution in [2.45, 2.75) is 70.4 Å². The molecule has 1 amide bonds. The Kier molecular flexibility index (Phi) is 8.23. The molecule has 2 aromatic carbocycles. The fraction of sp³-hybridized carbons (Fsp3) is 0.528. The first-order chi connectivity index (χ1) is 21.0. The molecular weight excluding hydrogens is 550 g/mol. The van der Waals surface area contributed by atoms with Crippen LogP contribution >= 0.6 is 11.3 Å². The van der Waals surface area contributed by atoms with Crippen LogP contribution in [0.2, 0.25) is 0 Å². The molecule has 0 aliphatic carbocycles. The number of carbonyl (C=O) groups excluding carboxylic acids is 1. The number of anilines is 1. The number of carbonyl (C=O) groups is 1. The van der Waals surface area contributed by atoms with Gasteiger partial charge in [-0.2, -0.15) is 0 Å². The van der Waals surface area contributed by atoms with E-state index in [1.54, 1.807) is 11.3 Å². The Bertz CT molecular complexity index is 1520. The molecule has 1 unspecified atom stereocenters. The largest absolute Gasteiger partial charge is 0.371 e. The number of unbranched alkanes of at least 4 members (excludes halogenated alkanes) is 1. The topological polar surface area (TPSA) is 54.6 Å². The molecule has 2 N–H and O–H groups in total. The van der Waals surface area contributed by atoms with E-state index in [0.717, 1.165) is 55.2 Å². The highest BCUT2D eigenvalue weighted by molar-refractivity contribution is 7.20. The lowest BCUT2D eigenvalue weighted by atomic mass is 9.71. The van der Waals surface area contributed by atoms with Gasteiger partial charge in [0.15, 0.2) is 0 Å². The molecule has 5 heterocycles. The van der Waals surface area contributed by atoms with Gasteiger partial charge in [0.1, 0.15) is 0 Å². The Morgan fingerprint density at radius 3 is 2.58 bits per heavy atom. The number of benzene rings is 2. The summed E-state index contributed by atoms with van der Waals surface area (Å²) in [5, 5.41) is 5.78. The van der Waals surface area contributed by atoms with E-state index in [0.29, 0.717) is 5.41 Å². The number of fused-ring (bicyclic) bond motifs is 2. The van der Waals surface area contributed by atoms with E-state index in [1.807, 2.05) is 0 Å². The maximum atomic E-state index is 13.5. The molecule has 3 fully saturated rings. The highest BCUT2D eigenvalue weighted by atomic mass is 32.1. The molecule has 0 saturated carbocycles. The first-order valence-electron chi connectivity index (χ1n) is 16.6. The van der Waals surface area contributed by atoms with Crippen molar-refractivity contribution in [3.05, 3.63) is 65.2 Å². The number of hydrogen-bond acceptors (Lipinski definition) is 5. The zero-order valence-electron chi connectivity index (χ0n) is 25.9. The van der Waals surface area contributed by atoms with Gasteiger partial charge >= 0.3 is 0 Å². The standard InChI is InChI=1S/C36H47N5OS/c1-3-4-8-28(22-29-20-26-7-5-6-9-32(26)37-29)38-35(42)34-21-27-10-11-31(23-33(27)43-34)40-18-14-36(15-19-40)24-41(25-36)30-12-16-39(2)17-13-30/h5-7,9-11,20-21,23,28,30,37H,3-4,8,12-19,22,24-25H2,1-2H3,(H,38,42). The molecule has 3 aliphatic rings. The predicted octanol–water partition coefficient (Wildman–Crippen LogP) is 6.91. The number of aromatic nitrogens is 1. The lowest BCUT2D eigenvalue weighted by Crippen LogP contribution is -2.64. The van der Waals surface area contributed by atoms with Crippen molar-refractivity contribution in [3.8, 4) is 0 Å². The maximum Gasteiger partial charge on any atom is 0.261 e. The summed E-state index contributed by atoms with van der Waals surface area (Å²) in [6, 6.07) is 20.4. The fourth-order valence-electron chi connectivity index (χ4n) is 7.76. The molecule has 1 atom stereocenters. The van der Waals surface area contributed by atoms with Gasteiger partial charge in [0.2, 0.25) is 0 Å². The number of hydrogen-bond donors (Lipinski definition) is 2. The van der Waals surface area contributed by atoms with Crippen LogP contribution in [0.4, 0.5) is 5.69 Å². The quantitative estimate of drug-likeness (QED) is 0.220. The predicted molar refractivity (Wildman–Crippen MR) is 181 cm³/mol. The van der Waals surface area contributed by atoms with E-state index in [4.69, 9.17) is 0 Å². The molecule has 4 aromatic rings. The third-order valence-corrected chi connectivity index (χ3v) is 11.6. The van der Waals surface area contributed by atoms with Crippen molar-refractivity contribution < 1.29 is 4.79 Å². The molecule has 43 heavy (non-hydrogen) atoms. The summed E-state index contributed by atoms with van der Waals surface area (Å²) in [7, 11) is 2.25. The maximum absolute atomic E-state index is 13.5. The molecule has 7 rings (SSSR count). The normalized spacial score (nSPS) is 20.6. The number of thiophene rings is 1. The third kappa shape index (κ3) is 6.22. The molecule has 3 aliphatic heterocycles. The lowest BCUT2D eigenvalue weighted by Gasteiger charge is -2.57. The molecule has 7 heteroatoms. The minimum absolute atomic E-state index is 0.0547. The van der Waals surface area contributed by atoms with Crippen LogP contribution in [0.1, 0.15) is 67.2 Å². The number of rotatable bonds is 9. The Morgan fingerprint density at radius 2 is 1.81 bits per heavy atom. The van der Waals surface area contributed by atoms with Crippen molar-refractivity contribution in [1.29, 1.82) is 0 Å². The summed E-state index contributed by atoms with van der Waals surface area (Å²) < 4.78 is 1.21. The minimum atomic E-state index is 0.0547. The smallest absolute Gasteiger partial charge is 0.261 e. The Morgan fingerprint density at radius 1 is 1.02 bits per heavy atom. The zero-order valence-corrected chi connectivity index (χ0v) is 26.7. The third-order valence-electron chi connectivity index (χ3n) is 10.5. The monoisotopic (exact) mass is 597 g/mol. The molecule has 1 spiro atoms. The first kappa shape index (κ1) is 28.9. The molecule has 0 radical (unpaired) electrons. The van der Waals surface area contributed by atoms with Crippen LogP contribution in [-0.4, -0.2) is 79.1 Å². The molecule has 0 bridgehead atoms. The van der Waals surface area contributed by atoms with Crippen molar-refractivity contribution >= 4 is 43.9 Å². The number of aromatic amines is 1. The van der Waals surface area contributed by atoms with Crippen LogP contribution in [0, 0.1) is 5.41 Å². The van der Waals surface area contributed by atoms with Crippen LogP contribution in [-0.2, 0) is 6.42 Å². The SMILES string of the molecule is CCCCC(Cc1cc2ccccc2[nH]1)NC(=O)c1cc2ccc(N3CCC4(CC3)CN(C3CCN(C)CC3)C4)cc2s1. The van der Waals surface area contributed by atoms with E-state index in [1.165, 1.54) is 78.7 Å². The molecule has 3 saturated heterocycles. The van der Waals surface area contributed by atoms with E-state index in [-0.39, 0.29) is 11.9 Å². The molecule has 6 nitrogen and oxygen atoms in total. The van der Waals surface area contributed by atoms with Gasteiger partial charge in [-0.05, 0) is 98.8 Å². The highest BCUT2D eigenvalue weighted by Gasteiger charge is 2.47. The van der Waals surface area contributed by atoms with Gasteiger partial charge in [-0.3, -0.25) is 9.69 Å². The molecular formula is C36H47N5OS. The van der Waals surface area contributed by atoms with Crippen LogP contribution < -0.4 is 10.2 Å². The van der Waals surface area contributed by atoms with Crippen molar-refractivity contribution in [2.24, 2.45) is 5.41 Å². The Labute approximate surface area is 260 Å². The number of piperidine rings is 2. The van der Waals surface area contributed by atoms with Gasteiger partial charge < -0.3 is 20.1 Å². The van der Waals surface area contributed by atoms with Crippen LogP contribution in [0.5, 0.6) is 0 Å². The second-order valence-corrected chi connectivity index (χ2v) is 14.7. The minimum Gasteiger partial charge on any atom is -0.371 e. The number of para-hydroxylation sites is 1. The van der Waals surface area contributed by atoms with Gasteiger partial charge in [0, 0.05) is 66.3 Å².